The molecule has 1 aromatic heterocycles. The number of benzene rings is 2. The van der Waals surface area contributed by atoms with Crippen molar-refractivity contribution >= 4 is 23.5 Å². The monoisotopic (exact) mass is 410 g/mol. The van der Waals surface area contributed by atoms with Crippen molar-refractivity contribution in [3.63, 3.8) is 0 Å². The zero-order valence-corrected chi connectivity index (χ0v) is 16.4. The molecule has 7 heteroatoms. The van der Waals surface area contributed by atoms with E-state index in [4.69, 9.17) is 17.3 Å². The van der Waals surface area contributed by atoms with Gasteiger partial charge in [0.15, 0.2) is 0 Å². The first-order valence-electron chi connectivity index (χ1n) is 9.48. The first-order chi connectivity index (χ1) is 14.0. The fourth-order valence-corrected chi connectivity index (χ4v) is 3.86. The van der Waals surface area contributed by atoms with Crippen molar-refractivity contribution in [2.45, 2.75) is 25.3 Å². The van der Waals surface area contributed by atoms with Gasteiger partial charge in [-0.25, -0.2) is 14.4 Å². The Morgan fingerprint density at radius 3 is 2.55 bits per heavy atom. The minimum Gasteiger partial charge on any atom is -0.368 e. The van der Waals surface area contributed by atoms with Crippen LogP contribution in [-0.2, 0) is 0 Å². The summed E-state index contributed by atoms with van der Waals surface area (Å²) in [6.07, 6.45) is 4.34. The molecular formula is C22H20ClFN4O. The first-order valence-corrected chi connectivity index (χ1v) is 9.85. The number of nitrogen functional groups attached to an aromatic ring is 1. The normalized spacial score (nSPS) is 16.6. The number of hydrogen-bond acceptors (Lipinski definition) is 4. The molecule has 0 saturated carbocycles. The van der Waals surface area contributed by atoms with Gasteiger partial charge in [0, 0.05) is 28.9 Å². The van der Waals surface area contributed by atoms with E-state index in [2.05, 4.69) is 9.97 Å². The van der Waals surface area contributed by atoms with Crippen molar-refractivity contribution in [1.29, 1.82) is 0 Å². The lowest BCUT2D eigenvalue weighted by Gasteiger charge is -2.36. The lowest BCUT2D eigenvalue weighted by Crippen LogP contribution is -2.39. The molecule has 0 bridgehead atoms. The van der Waals surface area contributed by atoms with Gasteiger partial charge in [-0.1, -0.05) is 23.7 Å². The summed E-state index contributed by atoms with van der Waals surface area (Å²) in [6.45, 7) is 0.602. The molecule has 2 aromatic carbocycles. The van der Waals surface area contributed by atoms with E-state index >= 15 is 0 Å². The number of aromatic nitrogens is 2. The third-order valence-electron chi connectivity index (χ3n) is 5.16. The highest BCUT2D eigenvalue weighted by Gasteiger charge is 2.32. The van der Waals surface area contributed by atoms with Gasteiger partial charge >= 0.3 is 0 Å². The summed E-state index contributed by atoms with van der Waals surface area (Å²) in [5.41, 5.74) is 8.79. The number of halogens is 2. The summed E-state index contributed by atoms with van der Waals surface area (Å²) >= 11 is 6.03. The Morgan fingerprint density at radius 2 is 1.83 bits per heavy atom. The SMILES string of the molecule is Nc1ncc(-c2ccc(Cl)cc2)c(C2CCCCN2C(=O)c2ccc(F)cc2)n1. The maximum atomic E-state index is 13.3. The van der Waals surface area contributed by atoms with Crippen molar-refractivity contribution in [2.75, 3.05) is 12.3 Å². The lowest BCUT2D eigenvalue weighted by molar-refractivity contribution is 0.0607. The summed E-state index contributed by atoms with van der Waals surface area (Å²) in [5.74, 6) is -0.350. The maximum Gasteiger partial charge on any atom is 0.254 e. The van der Waals surface area contributed by atoms with E-state index in [0.29, 0.717) is 17.1 Å². The first kappa shape index (κ1) is 19.3. The summed E-state index contributed by atoms with van der Waals surface area (Å²) in [7, 11) is 0. The van der Waals surface area contributed by atoms with E-state index in [1.165, 1.54) is 24.3 Å². The Bertz CT molecular complexity index is 1020. The average Bonchev–Trinajstić information content (AvgIpc) is 2.74. The van der Waals surface area contributed by atoms with Gasteiger partial charge in [-0.3, -0.25) is 4.79 Å². The molecule has 1 amide bonds. The molecule has 5 nitrogen and oxygen atoms in total. The smallest absolute Gasteiger partial charge is 0.254 e. The second-order valence-electron chi connectivity index (χ2n) is 7.05. The Morgan fingerprint density at radius 1 is 1.10 bits per heavy atom. The molecule has 0 spiro atoms. The van der Waals surface area contributed by atoms with Crippen molar-refractivity contribution in [1.82, 2.24) is 14.9 Å². The molecular weight excluding hydrogens is 391 g/mol. The molecule has 4 rings (SSSR count). The van der Waals surface area contributed by atoms with Crippen molar-refractivity contribution in [2.24, 2.45) is 0 Å². The zero-order chi connectivity index (χ0) is 20.4. The van der Waals surface area contributed by atoms with Crippen LogP contribution in [0.25, 0.3) is 11.1 Å². The Balaban J connectivity index is 1.75. The van der Waals surface area contributed by atoms with E-state index in [1.54, 1.807) is 23.2 Å². The van der Waals surface area contributed by atoms with Gasteiger partial charge in [0.05, 0.1) is 11.7 Å². The third kappa shape index (κ3) is 4.07. The quantitative estimate of drug-likeness (QED) is 0.667. The molecule has 29 heavy (non-hydrogen) atoms. The van der Waals surface area contributed by atoms with E-state index < -0.39 is 0 Å². The Hall–Kier alpha value is -2.99. The van der Waals surface area contributed by atoms with E-state index in [1.807, 2.05) is 12.1 Å². The second-order valence-corrected chi connectivity index (χ2v) is 7.49. The van der Waals surface area contributed by atoms with Gasteiger partial charge in [-0.05, 0) is 61.2 Å². The zero-order valence-electron chi connectivity index (χ0n) is 15.7. The van der Waals surface area contributed by atoms with E-state index in [-0.39, 0.29) is 23.7 Å². The Kier molecular flexibility index (Phi) is 5.45. The van der Waals surface area contributed by atoms with Crippen molar-refractivity contribution < 1.29 is 9.18 Å². The molecule has 1 fully saturated rings. The van der Waals surface area contributed by atoms with Gasteiger partial charge in [0.25, 0.3) is 5.91 Å². The maximum absolute atomic E-state index is 13.3. The van der Waals surface area contributed by atoms with Crippen LogP contribution in [0.15, 0.2) is 54.7 Å². The van der Waals surface area contributed by atoms with Gasteiger partial charge < -0.3 is 10.6 Å². The summed E-state index contributed by atoms with van der Waals surface area (Å²) in [6, 6.07) is 12.8. The highest BCUT2D eigenvalue weighted by Crippen LogP contribution is 2.37. The molecule has 148 valence electrons. The second kappa shape index (κ2) is 8.17. The number of carbonyl (C=O) groups excluding carboxylic acids is 1. The van der Waals surface area contributed by atoms with Gasteiger partial charge in [-0.15, -0.1) is 0 Å². The van der Waals surface area contributed by atoms with Crippen LogP contribution >= 0.6 is 11.6 Å². The van der Waals surface area contributed by atoms with Crippen molar-refractivity contribution in [3.8, 4) is 11.1 Å². The lowest BCUT2D eigenvalue weighted by atomic mass is 9.93. The predicted molar refractivity (Wildman–Crippen MR) is 111 cm³/mol. The number of rotatable bonds is 3. The number of nitrogens with zero attached hydrogens (tertiary/aromatic N) is 3. The van der Waals surface area contributed by atoms with Crippen LogP contribution in [0, 0.1) is 5.82 Å². The van der Waals surface area contributed by atoms with Crippen LogP contribution in [0.2, 0.25) is 5.02 Å². The topological polar surface area (TPSA) is 72.1 Å². The molecule has 1 saturated heterocycles. The van der Waals surface area contributed by atoms with Gasteiger partial charge in [-0.2, -0.15) is 0 Å². The molecule has 1 atom stereocenters. The van der Waals surface area contributed by atoms with Crippen LogP contribution < -0.4 is 5.73 Å². The van der Waals surface area contributed by atoms with E-state index in [0.717, 1.165) is 36.1 Å². The standard InChI is InChI=1S/C22H20ClFN4O/c23-16-8-4-14(5-9-16)18-13-26-22(25)27-20(18)19-3-1-2-12-28(19)21(29)15-6-10-17(24)11-7-15/h4-11,13,19H,1-3,12H2,(H2,25,26,27). The molecule has 0 aliphatic carbocycles. The van der Waals surface area contributed by atoms with Crippen LogP contribution in [0.4, 0.5) is 10.3 Å². The molecule has 1 aliphatic heterocycles. The highest BCUT2D eigenvalue weighted by atomic mass is 35.5. The van der Waals surface area contributed by atoms with Gasteiger partial charge in [0.2, 0.25) is 5.95 Å². The number of carbonyl (C=O) groups is 1. The molecule has 2 heterocycles. The highest BCUT2D eigenvalue weighted by molar-refractivity contribution is 6.30. The van der Waals surface area contributed by atoms with Crippen molar-refractivity contribution in [3.05, 3.63) is 76.8 Å². The molecule has 3 aromatic rings. The van der Waals surface area contributed by atoms with Gasteiger partial charge in [0.1, 0.15) is 5.82 Å². The number of hydrogen-bond donors (Lipinski definition) is 1. The number of amides is 1. The molecule has 1 unspecified atom stereocenters. The number of anilines is 1. The minimum absolute atomic E-state index is 0.145. The number of piperidine rings is 1. The predicted octanol–water partition coefficient (Wildman–Crippen LogP) is 4.89. The largest absolute Gasteiger partial charge is 0.368 e. The van der Waals surface area contributed by atoms with Crippen LogP contribution in [-0.4, -0.2) is 27.3 Å². The summed E-state index contributed by atoms with van der Waals surface area (Å²) in [5, 5.41) is 0.637. The third-order valence-corrected chi connectivity index (χ3v) is 5.41. The molecule has 0 radical (unpaired) electrons. The summed E-state index contributed by atoms with van der Waals surface area (Å²) in [4.78, 5) is 23.7. The van der Waals surface area contributed by atoms with E-state index in [9.17, 15) is 9.18 Å². The minimum atomic E-state index is -0.370. The number of nitrogens with two attached hydrogens (primary N) is 1. The molecule has 1 aliphatic rings. The van der Waals surface area contributed by atoms with Crippen LogP contribution in [0.3, 0.4) is 0 Å². The number of likely N-dealkylation sites (tertiary alicyclic amines) is 1. The summed E-state index contributed by atoms with van der Waals surface area (Å²) < 4.78 is 13.3. The molecule has 2 N–H and O–H groups in total. The fourth-order valence-electron chi connectivity index (χ4n) is 3.73. The fraction of sp³-hybridized carbons (Fsp3) is 0.227. The Labute approximate surface area is 173 Å². The van der Waals surface area contributed by atoms with Crippen LogP contribution in [0.1, 0.15) is 41.4 Å². The average molecular weight is 411 g/mol. The van der Waals surface area contributed by atoms with Crippen LogP contribution in [0.5, 0.6) is 0 Å².